The zero-order chi connectivity index (χ0) is 15.3. The van der Waals surface area contributed by atoms with Gasteiger partial charge in [-0.2, -0.15) is 0 Å². The van der Waals surface area contributed by atoms with Crippen molar-refractivity contribution in [2.75, 3.05) is 32.8 Å². The van der Waals surface area contributed by atoms with Gasteiger partial charge in [0.1, 0.15) is 0 Å². The molecule has 1 saturated carbocycles. The number of ether oxygens (including phenoxy) is 1. The van der Waals surface area contributed by atoms with E-state index in [0.717, 1.165) is 38.8 Å². The molecule has 21 heavy (non-hydrogen) atoms. The minimum Gasteiger partial charge on any atom is -0.379 e. The fourth-order valence-electron chi connectivity index (χ4n) is 4.03. The van der Waals surface area contributed by atoms with Crippen LogP contribution in [0, 0.1) is 11.3 Å². The highest BCUT2D eigenvalue weighted by Gasteiger charge is 2.39. The van der Waals surface area contributed by atoms with Crippen molar-refractivity contribution < 1.29 is 4.74 Å². The molecule has 0 spiro atoms. The summed E-state index contributed by atoms with van der Waals surface area (Å²) < 4.78 is 5.56. The average Bonchev–Trinajstić information content (AvgIpc) is 2.53. The molecule has 3 nitrogen and oxygen atoms in total. The molecule has 0 radical (unpaired) electrons. The van der Waals surface area contributed by atoms with Crippen LogP contribution in [0.4, 0.5) is 0 Å². The Morgan fingerprint density at radius 1 is 1.14 bits per heavy atom. The number of nitrogens with zero attached hydrogens (tertiary/aromatic N) is 1. The first kappa shape index (κ1) is 17.2. The van der Waals surface area contributed by atoms with Gasteiger partial charge in [0.15, 0.2) is 0 Å². The molecule has 1 heterocycles. The molecule has 3 unspecified atom stereocenters. The summed E-state index contributed by atoms with van der Waals surface area (Å²) in [6.07, 6.45) is 6.62. The molecular formula is C18H36N2O. The van der Waals surface area contributed by atoms with Crippen LogP contribution in [0.3, 0.4) is 0 Å². The molecule has 2 fully saturated rings. The van der Waals surface area contributed by atoms with Crippen molar-refractivity contribution in [2.45, 2.75) is 71.9 Å². The van der Waals surface area contributed by atoms with Crippen molar-refractivity contribution in [3.8, 4) is 0 Å². The maximum atomic E-state index is 5.56. The number of hydrogen-bond donors (Lipinski definition) is 1. The first-order valence-corrected chi connectivity index (χ1v) is 9.13. The van der Waals surface area contributed by atoms with Crippen LogP contribution in [-0.4, -0.2) is 49.8 Å². The summed E-state index contributed by atoms with van der Waals surface area (Å²) in [5, 5.41) is 3.83. The van der Waals surface area contributed by atoms with Gasteiger partial charge in [0, 0.05) is 25.2 Å². The Morgan fingerprint density at radius 3 is 2.48 bits per heavy atom. The van der Waals surface area contributed by atoms with Gasteiger partial charge in [-0.3, -0.25) is 4.90 Å². The maximum Gasteiger partial charge on any atom is 0.0594 e. The lowest BCUT2D eigenvalue weighted by Crippen LogP contribution is -2.57. The summed E-state index contributed by atoms with van der Waals surface area (Å²) in [7, 11) is 0. The summed E-state index contributed by atoms with van der Waals surface area (Å²) in [4.78, 5) is 2.70. The first-order valence-electron chi connectivity index (χ1n) is 9.13. The van der Waals surface area contributed by atoms with Gasteiger partial charge in [-0.1, -0.05) is 34.1 Å². The van der Waals surface area contributed by atoms with E-state index in [0.29, 0.717) is 17.5 Å². The van der Waals surface area contributed by atoms with Gasteiger partial charge in [0.05, 0.1) is 13.2 Å². The van der Waals surface area contributed by atoms with E-state index in [2.05, 4.69) is 37.9 Å². The highest BCUT2D eigenvalue weighted by Crippen LogP contribution is 2.41. The SMILES string of the molecule is CCCNC1CCC(C(C)(C)CC)CC1N1CCOCC1. The van der Waals surface area contributed by atoms with Gasteiger partial charge in [-0.25, -0.2) is 0 Å². The van der Waals surface area contributed by atoms with E-state index in [9.17, 15) is 0 Å². The monoisotopic (exact) mass is 296 g/mol. The standard InChI is InChI=1S/C18H36N2O/c1-5-9-19-16-8-7-15(18(3,4)6-2)14-17(16)20-10-12-21-13-11-20/h15-17,19H,5-14H2,1-4H3. The number of rotatable bonds is 6. The first-order chi connectivity index (χ1) is 10.1. The molecule has 124 valence electrons. The number of morpholine rings is 1. The van der Waals surface area contributed by atoms with Crippen molar-refractivity contribution in [2.24, 2.45) is 11.3 Å². The summed E-state index contributed by atoms with van der Waals surface area (Å²) in [5.74, 6) is 0.870. The summed E-state index contributed by atoms with van der Waals surface area (Å²) in [6, 6.07) is 1.40. The molecule has 1 saturated heterocycles. The summed E-state index contributed by atoms with van der Waals surface area (Å²) >= 11 is 0. The van der Waals surface area contributed by atoms with Crippen LogP contribution in [0.15, 0.2) is 0 Å². The van der Waals surface area contributed by atoms with Crippen LogP contribution >= 0.6 is 0 Å². The third-order valence-electron chi connectivity index (χ3n) is 6.00. The Balaban J connectivity index is 2.03. The van der Waals surface area contributed by atoms with Crippen molar-refractivity contribution in [3.63, 3.8) is 0 Å². The summed E-state index contributed by atoms with van der Waals surface area (Å²) in [6.45, 7) is 14.8. The number of nitrogens with one attached hydrogen (secondary N) is 1. The molecule has 2 rings (SSSR count). The van der Waals surface area contributed by atoms with E-state index >= 15 is 0 Å². The molecule has 0 aromatic rings. The van der Waals surface area contributed by atoms with Gasteiger partial charge >= 0.3 is 0 Å². The van der Waals surface area contributed by atoms with Crippen LogP contribution in [-0.2, 0) is 4.74 Å². The van der Waals surface area contributed by atoms with E-state index < -0.39 is 0 Å². The largest absolute Gasteiger partial charge is 0.379 e. The Kier molecular flexibility index (Phi) is 6.51. The van der Waals surface area contributed by atoms with E-state index in [1.54, 1.807) is 0 Å². The molecule has 0 bridgehead atoms. The third kappa shape index (κ3) is 4.43. The highest BCUT2D eigenvalue weighted by atomic mass is 16.5. The van der Waals surface area contributed by atoms with Crippen LogP contribution in [0.2, 0.25) is 0 Å². The Bertz CT molecular complexity index is 300. The van der Waals surface area contributed by atoms with Gasteiger partial charge in [-0.15, -0.1) is 0 Å². The van der Waals surface area contributed by atoms with E-state index in [1.165, 1.54) is 32.1 Å². The quantitative estimate of drug-likeness (QED) is 0.814. The molecule has 1 aliphatic carbocycles. The van der Waals surface area contributed by atoms with Crippen molar-refractivity contribution >= 4 is 0 Å². The predicted octanol–water partition coefficient (Wildman–Crippen LogP) is 3.29. The average molecular weight is 296 g/mol. The highest BCUT2D eigenvalue weighted by molar-refractivity contribution is 4.95. The normalized spacial score (nSPS) is 32.3. The van der Waals surface area contributed by atoms with Gasteiger partial charge < -0.3 is 10.1 Å². The minimum atomic E-state index is 0.486. The number of hydrogen-bond acceptors (Lipinski definition) is 3. The van der Waals surface area contributed by atoms with Gasteiger partial charge in [0.2, 0.25) is 0 Å². The predicted molar refractivity (Wildman–Crippen MR) is 89.7 cm³/mol. The molecule has 0 aromatic heterocycles. The van der Waals surface area contributed by atoms with Gasteiger partial charge in [-0.05, 0) is 43.6 Å². The van der Waals surface area contributed by atoms with Gasteiger partial charge in [0.25, 0.3) is 0 Å². The fourth-order valence-corrected chi connectivity index (χ4v) is 4.03. The Morgan fingerprint density at radius 2 is 1.86 bits per heavy atom. The Labute approximate surface area is 131 Å². The second kappa shape index (κ2) is 7.94. The molecule has 1 N–H and O–H groups in total. The van der Waals surface area contributed by atoms with E-state index in [1.807, 2.05) is 0 Å². The lowest BCUT2D eigenvalue weighted by atomic mass is 9.67. The smallest absolute Gasteiger partial charge is 0.0594 e. The lowest BCUT2D eigenvalue weighted by Gasteiger charge is -2.48. The molecule has 3 atom stereocenters. The fraction of sp³-hybridized carbons (Fsp3) is 1.00. The van der Waals surface area contributed by atoms with Crippen molar-refractivity contribution in [1.29, 1.82) is 0 Å². The molecular weight excluding hydrogens is 260 g/mol. The van der Waals surface area contributed by atoms with Crippen LogP contribution in [0.25, 0.3) is 0 Å². The Hall–Kier alpha value is -0.120. The van der Waals surface area contributed by atoms with E-state index in [-0.39, 0.29) is 0 Å². The van der Waals surface area contributed by atoms with Crippen LogP contribution in [0.5, 0.6) is 0 Å². The topological polar surface area (TPSA) is 24.5 Å². The second-order valence-corrected chi connectivity index (χ2v) is 7.63. The maximum absolute atomic E-state index is 5.56. The molecule has 3 heteroatoms. The zero-order valence-corrected chi connectivity index (χ0v) is 14.7. The summed E-state index contributed by atoms with van der Waals surface area (Å²) in [5.41, 5.74) is 0.486. The lowest BCUT2D eigenvalue weighted by molar-refractivity contribution is -0.0185. The second-order valence-electron chi connectivity index (χ2n) is 7.63. The van der Waals surface area contributed by atoms with Crippen molar-refractivity contribution in [3.05, 3.63) is 0 Å². The molecule has 2 aliphatic rings. The van der Waals surface area contributed by atoms with Crippen LogP contribution < -0.4 is 5.32 Å². The van der Waals surface area contributed by atoms with Crippen LogP contribution in [0.1, 0.15) is 59.8 Å². The van der Waals surface area contributed by atoms with Crippen molar-refractivity contribution in [1.82, 2.24) is 10.2 Å². The van der Waals surface area contributed by atoms with E-state index in [4.69, 9.17) is 4.74 Å². The molecule has 0 aromatic carbocycles. The molecule has 1 aliphatic heterocycles. The third-order valence-corrected chi connectivity index (χ3v) is 6.00. The minimum absolute atomic E-state index is 0.486. The molecule has 0 amide bonds. The zero-order valence-electron chi connectivity index (χ0n) is 14.7.